The van der Waals surface area contributed by atoms with Gasteiger partial charge in [-0.2, -0.15) is 0 Å². The third kappa shape index (κ3) is 3.38. The topological polar surface area (TPSA) is 39.9 Å². The van der Waals surface area contributed by atoms with Crippen molar-refractivity contribution in [3.8, 4) is 0 Å². The molecule has 3 heterocycles. The van der Waals surface area contributed by atoms with Gasteiger partial charge in [0.1, 0.15) is 0 Å². The van der Waals surface area contributed by atoms with E-state index in [0.29, 0.717) is 12.3 Å². The van der Waals surface area contributed by atoms with E-state index in [1.165, 1.54) is 18.4 Å². The normalized spacial score (nSPS) is 30.0. The summed E-state index contributed by atoms with van der Waals surface area (Å²) in [5, 5.41) is 0. The molecule has 5 heteroatoms. The Balaban J connectivity index is 1.44. The Morgan fingerprint density at radius 1 is 1.25 bits per heavy atom. The molecule has 4 rings (SSSR count). The zero-order valence-corrected chi connectivity index (χ0v) is 14.7. The van der Waals surface area contributed by atoms with E-state index in [4.69, 9.17) is 4.42 Å². The minimum absolute atomic E-state index is 0.149. The van der Waals surface area contributed by atoms with Crippen LogP contribution in [-0.4, -0.2) is 65.9 Å². The van der Waals surface area contributed by atoms with Gasteiger partial charge in [0.25, 0.3) is 0 Å². The molecule has 3 aliphatic rings. The Morgan fingerprint density at radius 3 is 2.88 bits per heavy atom. The lowest BCUT2D eigenvalue weighted by Crippen LogP contribution is -2.60. The lowest BCUT2D eigenvalue weighted by Gasteiger charge is -2.49. The molecule has 24 heavy (non-hydrogen) atoms. The Bertz CT molecular complexity index is 569. The maximum absolute atomic E-state index is 12.5. The predicted molar refractivity (Wildman–Crippen MR) is 92.5 cm³/mol. The molecule has 1 aliphatic carbocycles. The van der Waals surface area contributed by atoms with Crippen LogP contribution in [-0.2, 0) is 11.3 Å². The van der Waals surface area contributed by atoms with Gasteiger partial charge in [0.05, 0.1) is 12.5 Å². The Kier molecular flexibility index (Phi) is 4.39. The summed E-state index contributed by atoms with van der Waals surface area (Å²) >= 11 is 0. The van der Waals surface area contributed by atoms with Gasteiger partial charge in [0.15, 0.2) is 0 Å². The third-order valence-corrected chi connectivity index (χ3v) is 6.25. The highest BCUT2D eigenvalue weighted by atomic mass is 16.3. The highest BCUT2D eigenvalue weighted by Gasteiger charge is 2.42. The number of carbonyl (C=O) groups excluding carboxylic acids is 1. The minimum atomic E-state index is 0.149. The first-order valence-electron chi connectivity index (χ1n) is 9.37. The van der Waals surface area contributed by atoms with E-state index >= 15 is 0 Å². The zero-order chi connectivity index (χ0) is 16.6. The van der Waals surface area contributed by atoms with E-state index in [1.807, 2.05) is 6.26 Å². The number of likely N-dealkylation sites (tertiary alicyclic amines) is 1. The van der Waals surface area contributed by atoms with Crippen LogP contribution in [0.15, 0.2) is 23.0 Å². The van der Waals surface area contributed by atoms with E-state index in [1.54, 1.807) is 6.26 Å². The molecule has 1 spiro atoms. The predicted octanol–water partition coefficient (Wildman–Crippen LogP) is 2.19. The molecular weight excluding hydrogens is 302 g/mol. The monoisotopic (exact) mass is 331 g/mol. The second kappa shape index (κ2) is 6.52. The number of carbonyl (C=O) groups is 1. The van der Waals surface area contributed by atoms with Crippen LogP contribution in [0.1, 0.15) is 37.7 Å². The van der Waals surface area contributed by atoms with E-state index < -0.39 is 0 Å². The van der Waals surface area contributed by atoms with Crippen LogP contribution >= 0.6 is 0 Å². The summed E-state index contributed by atoms with van der Waals surface area (Å²) in [6.45, 7) is 6.10. The second-order valence-corrected chi connectivity index (χ2v) is 8.02. The largest absolute Gasteiger partial charge is 0.472 e. The van der Waals surface area contributed by atoms with Crippen LogP contribution in [0.5, 0.6) is 0 Å². The van der Waals surface area contributed by atoms with Crippen molar-refractivity contribution in [1.82, 2.24) is 14.7 Å². The number of piperazine rings is 1. The van der Waals surface area contributed by atoms with E-state index in [2.05, 4.69) is 27.8 Å². The van der Waals surface area contributed by atoms with Crippen molar-refractivity contribution in [2.75, 3.05) is 39.8 Å². The quantitative estimate of drug-likeness (QED) is 0.848. The lowest BCUT2D eigenvalue weighted by molar-refractivity contribution is -0.131. The molecule has 1 saturated carbocycles. The summed E-state index contributed by atoms with van der Waals surface area (Å²) in [5.74, 6) is 1.16. The van der Waals surface area contributed by atoms with Crippen molar-refractivity contribution >= 4 is 5.91 Å². The van der Waals surface area contributed by atoms with Crippen molar-refractivity contribution in [1.29, 1.82) is 0 Å². The van der Waals surface area contributed by atoms with Gasteiger partial charge in [0.2, 0.25) is 5.91 Å². The van der Waals surface area contributed by atoms with Crippen LogP contribution in [0, 0.1) is 5.92 Å². The summed E-state index contributed by atoms with van der Waals surface area (Å²) in [4.78, 5) is 19.7. The molecule has 2 saturated heterocycles. The molecule has 1 aromatic heterocycles. The van der Waals surface area contributed by atoms with Crippen molar-refractivity contribution in [3.05, 3.63) is 24.2 Å². The molecule has 0 aromatic carbocycles. The first-order valence-corrected chi connectivity index (χ1v) is 9.37. The molecule has 1 atom stereocenters. The highest BCUT2D eigenvalue weighted by Crippen LogP contribution is 2.35. The van der Waals surface area contributed by atoms with Gasteiger partial charge in [-0.25, -0.2) is 0 Å². The molecule has 0 N–H and O–H groups in total. The summed E-state index contributed by atoms with van der Waals surface area (Å²) in [7, 11) is 2.25. The average molecular weight is 331 g/mol. The first-order chi connectivity index (χ1) is 11.6. The van der Waals surface area contributed by atoms with Crippen LogP contribution in [0.4, 0.5) is 0 Å². The lowest BCUT2D eigenvalue weighted by atomic mass is 9.86. The Labute approximate surface area is 144 Å². The maximum Gasteiger partial charge on any atom is 0.222 e. The van der Waals surface area contributed by atoms with Gasteiger partial charge in [-0.15, -0.1) is 0 Å². The van der Waals surface area contributed by atoms with Gasteiger partial charge in [0, 0.05) is 56.8 Å². The maximum atomic E-state index is 12.5. The number of hydrogen-bond donors (Lipinski definition) is 0. The van der Waals surface area contributed by atoms with Gasteiger partial charge in [-0.05, 0) is 44.7 Å². The molecule has 1 amide bonds. The van der Waals surface area contributed by atoms with E-state index in [0.717, 1.165) is 58.0 Å². The fourth-order valence-electron chi connectivity index (χ4n) is 4.36. The van der Waals surface area contributed by atoms with Crippen LogP contribution in [0.2, 0.25) is 0 Å². The number of amides is 1. The molecule has 2 aliphatic heterocycles. The molecule has 132 valence electrons. The van der Waals surface area contributed by atoms with E-state index in [-0.39, 0.29) is 5.54 Å². The Morgan fingerprint density at radius 2 is 2.12 bits per heavy atom. The molecular formula is C19H29N3O2. The fraction of sp³-hybridized carbons (Fsp3) is 0.737. The van der Waals surface area contributed by atoms with Crippen LogP contribution in [0.3, 0.4) is 0 Å². The zero-order valence-electron chi connectivity index (χ0n) is 14.7. The van der Waals surface area contributed by atoms with Crippen molar-refractivity contribution in [2.24, 2.45) is 5.92 Å². The third-order valence-electron chi connectivity index (χ3n) is 6.25. The number of likely N-dealkylation sites (N-methyl/N-ethyl adjacent to an activating group) is 1. The molecule has 3 fully saturated rings. The number of hydrogen-bond acceptors (Lipinski definition) is 4. The van der Waals surface area contributed by atoms with Gasteiger partial charge in [-0.3, -0.25) is 14.6 Å². The average Bonchev–Trinajstić information content (AvgIpc) is 3.28. The summed E-state index contributed by atoms with van der Waals surface area (Å²) in [6.07, 6.45) is 9.02. The smallest absolute Gasteiger partial charge is 0.222 e. The second-order valence-electron chi connectivity index (χ2n) is 8.02. The van der Waals surface area contributed by atoms with Gasteiger partial charge in [-0.1, -0.05) is 0 Å². The minimum Gasteiger partial charge on any atom is -0.472 e. The van der Waals surface area contributed by atoms with Crippen molar-refractivity contribution in [2.45, 2.75) is 44.2 Å². The number of furan rings is 1. The van der Waals surface area contributed by atoms with Crippen LogP contribution < -0.4 is 0 Å². The molecule has 0 bridgehead atoms. The SMILES string of the molecule is CN1CCN(Cc2ccoc2)CC12CCC(=O)N(CC1CC1)CC2. The molecule has 0 radical (unpaired) electrons. The highest BCUT2D eigenvalue weighted by molar-refractivity contribution is 5.76. The van der Waals surface area contributed by atoms with E-state index in [9.17, 15) is 4.79 Å². The molecule has 1 unspecified atom stereocenters. The number of nitrogens with zero attached hydrogens (tertiary/aromatic N) is 3. The van der Waals surface area contributed by atoms with Crippen LogP contribution in [0.25, 0.3) is 0 Å². The molecule has 1 aromatic rings. The Hall–Kier alpha value is -1.33. The standard InChI is InChI=1S/C19H29N3O2/c1-20-9-10-21(12-17-5-11-24-14-17)15-19(20)6-4-18(23)22(8-7-19)13-16-2-3-16/h5,11,14,16H,2-4,6-10,12-13,15H2,1H3. The number of rotatable bonds is 4. The summed E-state index contributed by atoms with van der Waals surface area (Å²) in [5.41, 5.74) is 1.39. The van der Waals surface area contributed by atoms with Crippen molar-refractivity contribution in [3.63, 3.8) is 0 Å². The fourth-order valence-corrected chi connectivity index (χ4v) is 4.36. The van der Waals surface area contributed by atoms with Gasteiger partial charge >= 0.3 is 0 Å². The summed E-state index contributed by atoms with van der Waals surface area (Å²) < 4.78 is 5.22. The van der Waals surface area contributed by atoms with Crippen molar-refractivity contribution < 1.29 is 9.21 Å². The first kappa shape index (κ1) is 16.2. The molecule has 5 nitrogen and oxygen atoms in total. The summed E-state index contributed by atoms with van der Waals surface area (Å²) in [6, 6.07) is 2.05. The van der Waals surface area contributed by atoms with Gasteiger partial charge < -0.3 is 9.32 Å².